The average Bonchev–Trinajstić information content (AvgIpc) is 3.27. The molecule has 1 aromatic heterocycles. The van der Waals surface area contributed by atoms with Crippen LogP contribution in [0.2, 0.25) is 0 Å². The van der Waals surface area contributed by atoms with Crippen LogP contribution in [0.5, 0.6) is 0 Å². The molecule has 0 bridgehead atoms. The maximum absolute atomic E-state index is 13.8. The van der Waals surface area contributed by atoms with Crippen LogP contribution in [0.15, 0.2) is 107 Å². The Morgan fingerprint density at radius 3 is 2.17 bits per heavy atom. The smallest absolute Gasteiger partial charge is 0.416 e. The maximum Gasteiger partial charge on any atom is 0.416 e. The van der Waals surface area contributed by atoms with Crippen molar-refractivity contribution < 1.29 is 27.9 Å². The van der Waals surface area contributed by atoms with E-state index in [1.807, 2.05) is 67.2 Å². The number of nitrogens with one attached hydrogen (secondary N) is 1. The molecule has 0 radical (unpaired) electrons. The van der Waals surface area contributed by atoms with Gasteiger partial charge in [-0.05, 0) is 72.1 Å². The van der Waals surface area contributed by atoms with Crippen molar-refractivity contribution in [3.8, 4) is 11.1 Å². The highest BCUT2D eigenvalue weighted by Gasteiger charge is 2.30. The van der Waals surface area contributed by atoms with Crippen molar-refractivity contribution in [1.29, 1.82) is 0 Å². The van der Waals surface area contributed by atoms with E-state index >= 15 is 0 Å². The molecule has 0 unspecified atom stereocenters. The zero-order valence-corrected chi connectivity index (χ0v) is 22.9. The number of amides is 1. The van der Waals surface area contributed by atoms with E-state index < -0.39 is 23.8 Å². The molecule has 5 aromatic rings. The van der Waals surface area contributed by atoms with Gasteiger partial charge in [-0.1, -0.05) is 54.2 Å². The lowest BCUT2D eigenvalue weighted by Crippen LogP contribution is -2.27. The zero-order valence-electron chi connectivity index (χ0n) is 22.1. The molecule has 0 aliphatic rings. The number of benzene rings is 4. The summed E-state index contributed by atoms with van der Waals surface area (Å²) in [6, 6.07) is 24.3. The SMILES string of the molecule is C[C@H](NC(=O)c1cc(-c2ccccc2)cc2c1c(Sc1ccc(C(F)(F)F)cc1)cn2C)c1ccc(C(=O)O)cc1. The van der Waals surface area contributed by atoms with Crippen LogP contribution < -0.4 is 5.32 Å². The van der Waals surface area contributed by atoms with Gasteiger partial charge < -0.3 is 15.0 Å². The van der Waals surface area contributed by atoms with E-state index in [0.717, 1.165) is 39.2 Å². The van der Waals surface area contributed by atoms with Crippen molar-refractivity contribution in [3.63, 3.8) is 0 Å². The van der Waals surface area contributed by atoms with E-state index in [1.165, 1.54) is 36.0 Å². The number of hydrogen-bond acceptors (Lipinski definition) is 3. The minimum Gasteiger partial charge on any atom is -0.478 e. The molecule has 0 aliphatic carbocycles. The van der Waals surface area contributed by atoms with Gasteiger partial charge in [-0.25, -0.2) is 4.79 Å². The summed E-state index contributed by atoms with van der Waals surface area (Å²) in [6.07, 6.45) is -2.56. The van der Waals surface area contributed by atoms with E-state index in [1.54, 1.807) is 12.1 Å². The van der Waals surface area contributed by atoms with Gasteiger partial charge in [0.2, 0.25) is 0 Å². The van der Waals surface area contributed by atoms with Crippen LogP contribution in [0.4, 0.5) is 13.2 Å². The van der Waals surface area contributed by atoms with E-state index in [0.29, 0.717) is 15.8 Å². The quantitative estimate of drug-likeness (QED) is 0.206. The van der Waals surface area contributed by atoms with E-state index in [9.17, 15) is 27.9 Å². The monoisotopic (exact) mass is 574 g/mol. The van der Waals surface area contributed by atoms with Crippen molar-refractivity contribution in [2.24, 2.45) is 7.05 Å². The molecule has 0 saturated heterocycles. The average molecular weight is 575 g/mol. The summed E-state index contributed by atoms with van der Waals surface area (Å²) in [6.45, 7) is 1.81. The molecular weight excluding hydrogens is 549 g/mol. The predicted octanol–water partition coefficient (Wildman–Crippen LogP) is 8.20. The molecule has 1 heterocycles. The number of alkyl halides is 3. The molecule has 0 fully saturated rings. The summed E-state index contributed by atoms with van der Waals surface area (Å²) in [7, 11) is 1.86. The van der Waals surface area contributed by atoms with Gasteiger partial charge in [-0.2, -0.15) is 13.2 Å². The van der Waals surface area contributed by atoms with Crippen molar-refractivity contribution in [1.82, 2.24) is 9.88 Å². The molecule has 1 amide bonds. The largest absolute Gasteiger partial charge is 0.478 e. The molecule has 4 aromatic carbocycles. The summed E-state index contributed by atoms with van der Waals surface area (Å²) in [5.74, 6) is -1.36. The minimum absolute atomic E-state index is 0.152. The molecule has 208 valence electrons. The van der Waals surface area contributed by atoms with E-state index in [2.05, 4.69) is 5.32 Å². The number of carbonyl (C=O) groups excluding carboxylic acids is 1. The fraction of sp³-hybridized carbons (Fsp3) is 0.125. The fourth-order valence-corrected chi connectivity index (χ4v) is 5.69. The summed E-state index contributed by atoms with van der Waals surface area (Å²) >= 11 is 1.29. The van der Waals surface area contributed by atoms with Gasteiger partial charge >= 0.3 is 12.1 Å². The number of nitrogens with zero attached hydrogens (tertiary/aromatic N) is 1. The number of carboxylic acids is 1. The summed E-state index contributed by atoms with van der Waals surface area (Å²) in [4.78, 5) is 26.4. The van der Waals surface area contributed by atoms with E-state index in [-0.39, 0.29) is 11.5 Å². The molecule has 0 saturated carbocycles. The van der Waals surface area contributed by atoms with Crippen molar-refractivity contribution in [2.45, 2.75) is 28.9 Å². The molecule has 41 heavy (non-hydrogen) atoms. The molecule has 2 N–H and O–H groups in total. The Morgan fingerprint density at radius 1 is 0.902 bits per heavy atom. The number of carbonyl (C=O) groups is 2. The number of hydrogen-bond donors (Lipinski definition) is 2. The second-order valence-electron chi connectivity index (χ2n) is 9.63. The highest BCUT2D eigenvalue weighted by atomic mass is 32.2. The highest BCUT2D eigenvalue weighted by Crippen LogP contribution is 2.40. The van der Waals surface area contributed by atoms with Crippen molar-refractivity contribution in [2.75, 3.05) is 0 Å². The molecule has 0 spiro atoms. The van der Waals surface area contributed by atoms with Gasteiger partial charge in [-0.15, -0.1) is 0 Å². The summed E-state index contributed by atoms with van der Waals surface area (Å²) < 4.78 is 41.1. The number of fused-ring (bicyclic) bond motifs is 1. The number of halogens is 3. The third-order valence-electron chi connectivity index (χ3n) is 6.82. The lowest BCUT2D eigenvalue weighted by Gasteiger charge is -2.17. The van der Waals surface area contributed by atoms with Crippen LogP contribution in [0, 0.1) is 0 Å². The first-order chi connectivity index (χ1) is 19.5. The predicted molar refractivity (Wildman–Crippen MR) is 153 cm³/mol. The Balaban J connectivity index is 1.55. The first-order valence-corrected chi connectivity index (χ1v) is 13.5. The topological polar surface area (TPSA) is 71.3 Å². The van der Waals surface area contributed by atoms with Gasteiger partial charge in [0.15, 0.2) is 0 Å². The lowest BCUT2D eigenvalue weighted by atomic mass is 9.99. The number of carboxylic acid groups (broad SMARTS) is 1. The number of aromatic nitrogens is 1. The normalized spacial score (nSPS) is 12.3. The fourth-order valence-electron chi connectivity index (χ4n) is 4.64. The van der Waals surface area contributed by atoms with Crippen molar-refractivity contribution in [3.05, 3.63) is 119 Å². The van der Waals surface area contributed by atoms with Crippen LogP contribution in [0.25, 0.3) is 22.0 Å². The molecule has 9 heteroatoms. The molecule has 1 atom stereocenters. The van der Waals surface area contributed by atoms with Gasteiger partial charge in [0.05, 0.1) is 28.2 Å². The second kappa shape index (κ2) is 11.2. The van der Waals surface area contributed by atoms with Crippen LogP contribution >= 0.6 is 11.8 Å². The maximum atomic E-state index is 13.8. The van der Waals surface area contributed by atoms with Gasteiger partial charge in [0, 0.05) is 28.4 Å². The number of aryl methyl sites for hydroxylation is 1. The Labute approximate surface area is 238 Å². The molecular formula is C32H25F3N2O3S. The first kappa shape index (κ1) is 28.0. The Bertz CT molecular complexity index is 1730. The van der Waals surface area contributed by atoms with Crippen LogP contribution in [0.3, 0.4) is 0 Å². The summed E-state index contributed by atoms with van der Waals surface area (Å²) in [5, 5.41) is 12.9. The molecule has 5 rings (SSSR count). The third kappa shape index (κ3) is 6.00. The number of rotatable bonds is 7. The first-order valence-electron chi connectivity index (χ1n) is 12.7. The van der Waals surface area contributed by atoms with Crippen LogP contribution in [0.1, 0.15) is 44.8 Å². The Morgan fingerprint density at radius 2 is 1.56 bits per heavy atom. The lowest BCUT2D eigenvalue weighted by molar-refractivity contribution is -0.137. The highest BCUT2D eigenvalue weighted by molar-refractivity contribution is 7.99. The molecule has 0 aliphatic heterocycles. The molecule has 5 nitrogen and oxygen atoms in total. The third-order valence-corrected chi connectivity index (χ3v) is 7.86. The van der Waals surface area contributed by atoms with Gasteiger partial charge in [0.25, 0.3) is 5.91 Å². The van der Waals surface area contributed by atoms with Crippen molar-refractivity contribution >= 4 is 34.5 Å². The second-order valence-corrected chi connectivity index (χ2v) is 10.8. The standard InChI is InChI=1S/C32H25F3N2O3S/c1-19(20-8-10-22(11-9-20)31(39)40)36-30(38)26-16-23(21-6-4-3-5-7-21)17-27-29(26)28(18-37(27)2)41-25-14-12-24(13-15-25)32(33,34)35/h3-19H,1-2H3,(H,36,38)(H,39,40)/t19-/m0/s1. The van der Waals surface area contributed by atoms with Gasteiger partial charge in [0.1, 0.15) is 0 Å². The minimum atomic E-state index is -4.42. The Hall–Kier alpha value is -4.50. The van der Waals surface area contributed by atoms with Crippen LogP contribution in [-0.2, 0) is 13.2 Å². The van der Waals surface area contributed by atoms with E-state index in [4.69, 9.17) is 0 Å². The summed E-state index contributed by atoms with van der Waals surface area (Å²) in [5.41, 5.74) is 3.16. The zero-order chi connectivity index (χ0) is 29.3. The number of aromatic carboxylic acids is 1. The van der Waals surface area contributed by atoms with Gasteiger partial charge in [-0.3, -0.25) is 4.79 Å². The van der Waals surface area contributed by atoms with Crippen LogP contribution in [-0.4, -0.2) is 21.6 Å². The Kier molecular flexibility index (Phi) is 7.64.